The van der Waals surface area contributed by atoms with Crippen molar-refractivity contribution < 1.29 is 0 Å². The van der Waals surface area contributed by atoms with Gasteiger partial charge in [-0.25, -0.2) is 0 Å². The first-order chi connectivity index (χ1) is 9.02. The van der Waals surface area contributed by atoms with Crippen LogP contribution in [0.5, 0.6) is 0 Å². The maximum absolute atomic E-state index is 6.09. The van der Waals surface area contributed by atoms with Crippen molar-refractivity contribution in [3.8, 4) is 0 Å². The highest BCUT2D eigenvalue weighted by Gasteiger charge is 2.13. The summed E-state index contributed by atoms with van der Waals surface area (Å²) < 4.78 is 0. The van der Waals surface area contributed by atoms with Crippen molar-refractivity contribution in [1.29, 1.82) is 0 Å². The third-order valence-electron chi connectivity index (χ3n) is 2.99. The Kier molecular flexibility index (Phi) is 4.23. The number of nitrogens with two attached hydrogens (primary N) is 1. The fraction of sp³-hybridized carbons (Fsp3) is 0.200. The zero-order chi connectivity index (χ0) is 14.0. The van der Waals surface area contributed by atoms with Gasteiger partial charge in [-0.05, 0) is 43.7 Å². The second-order valence-electron chi connectivity index (χ2n) is 4.41. The lowest BCUT2D eigenvalue weighted by Crippen LogP contribution is -2.17. The van der Waals surface area contributed by atoms with Crippen LogP contribution in [0.3, 0.4) is 0 Å². The maximum Gasteiger partial charge on any atom is 0.0660 e. The summed E-state index contributed by atoms with van der Waals surface area (Å²) in [5.74, 6) is 0. The van der Waals surface area contributed by atoms with Crippen LogP contribution in [-0.2, 0) is 0 Å². The van der Waals surface area contributed by atoms with Gasteiger partial charge in [0, 0.05) is 12.2 Å². The minimum atomic E-state index is 0.475. The van der Waals surface area contributed by atoms with E-state index in [1.165, 1.54) is 5.56 Å². The second-order valence-corrected chi connectivity index (χ2v) is 5.22. The highest BCUT2D eigenvalue weighted by molar-refractivity contribution is 6.42. The number of hydrogen-bond acceptors (Lipinski definition) is 2. The SMILES string of the molecule is CCN(c1cccc(C)c1)c1cc(Cl)c(Cl)cc1N. The minimum absolute atomic E-state index is 0.475. The normalized spacial score (nSPS) is 10.5. The fourth-order valence-corrected chi connectivity index (χ4v) is 2.40. The molecule has 0 fully saturated rings. The van der Waals surface area contributed by atoms with E-state index < -0.39 is 0 Å². The molecule has 0 unspecified atom stereocenters. The van der Waals surface area contributed by atoms with Crippen LogP contribution in [0.1, 0.15) is 12.5 Å². The van der Waals surface area contributed by atoms with Gasteiger partial charge < -0.3 is 10.6 Å². The first kappa shape index (κ1) is 14.0. The molecule has 0 radical (unpaired) electrons. The quantitative estimate of drug-likeness (QED) is 0.803. The summed E-state index contributed by atoms with van der Waals surface area (Å²) in [6, 6.07) is 11.8. The molecule has 2 aromatic rings. The summed E-state index contributed by atoms with van der Waals surface area (Å²) in [4.78, 5) is 2.12. The molecule has 0 aliphatic rings. The van der Waals surface area contributed by atoms with Crippen molar-refractivity contribution in [1.82, 2.24) is 0 Å². The largest absolute Gasteiger partial charge is 0.397 e. The predicted molar refractivity (Wildman–Crippen MR) is 84.7 cm³/mol. The first-order valence-electron chi connectivity index (χ1n) is 6.11. The standard InChI is InChI=1S/C15H16Cl2N2/c1-3-19(11-6-4-5-10(2)7-11)15-9-13(17)12(16)8-14(15)18/h4-9H,3,18H2,1-2H3. The molecule has 0 aromatic heterocycles. The molecule has 0 saturated heterocycles. The van der Waals surface area contributed by atoms with Gasteiger partial charge in [0.15, 0.2) is 0 Å². The topological polar surface area (TPSA) is 29.3 Å². The lowest BCUT2D eigenvalue weighted by Gasteiger charge is -2.25. The number of rotatable bonds is 3. The third kappa shape index (κ3) is 2.96. The Morgan fingerprint density at radius 2 is 1.79 bits per heavy atom. The first-order valence-corrected chi connectivity index (χ1v) is 6.87. The van der Waals surface area contributed by atoms with Crippen LogP contribution >= 0.6 is 23.2 Å². The van der Waals surface area contributed by atoms with Gasteiger partial charge >= 0.3 is 0 Å². The van der Waals surface area contributed by atoms with Gasteiger partial charge in [-0.3, -0.25) is 0 Å². The Hall–Kier alpha value is -1.38. The van der Waals surface area contributed by atoms with Crippen LogP contribution in [-0.4, -0.2) is 6.54 Å². The lowest BCUT2D eigenvalue weighted by molar-refractivity contribution is 1.02. The molecule has 0 amide bonds. The van der Waals surface area contributed by atoms with E-state index in [4.69, 9.17) is 28.9 Å². The Morgan fingerprint density at radius 3 is 2.42 bits per heavy atom. The van der Waals surface area contributed by atoms with Crippen molar-refractivity contribution in [2.45, 2.75) is 13.8 Å². The van der Waals surface area contributed by atoms with Crippen LogP contribution in [0.2, 0.25) is 10.0 Å². The molecule has 0 bridgehead atoms. The van der Waals surface area contributed by atoms with Crippen molar-refractivity contribution in [2.24, 2.45) is 0 Å². The van der Waals surface area contributed by atoms with E-state index in [1.807, 2.05) is 12.1 Å². The molecule has 4 heteroatoms. The summed E-state index contributed by atoms with van der Waals surface area (Å²) in [5, 5.41) is 0.986. The van der Waals surface area contributed by atoms with Gasteiger partial charge in [-0.15, -0.1) is 0 Å². The van der Waals surface area contributed by atoms with E-state index in [0.717, 1.165) is 17.9 Å². The Morgan fingerprint density at radius 1 is 1.11 bits per heavy atom. The van der Waals surface area contributed by atoms with Gasteiger partial charge in [-0.1, -0.05) is 35.3 Å². The van der Waals surface area contributed by atoms with E-state index in [2.05, 4.69) is 36.9 Å². The summed E-state index contributed by atoms with van der Waals surface area (Å²) in [7, 11) is 0. The number of anilines is 3. The molecule has 0 aliphatic carbocycles. The fourth-order valence-electron chi connectivity index (χ4n) is 2.07. The van der Waals surface area contributed by atoms with E-state index >= 15 is 0 Å². The lowest BCUT2D eigenvalue weighted by atomic mass is 10.1. The molecule has 100 valence electrons. The highest BCUT2D eigenvalue weighted by Crippen LogP contribution is 2.36. The van der Waals surface area contributed by atoms with Gasteiger partial charge in [-0.2, -0.15) is 0 Å². The number of benzene rings is 2. The van der Waals surface area contributed by atoms with Crippen LogP contribution in [0.4, 0.5) is 17.1 Å². The monoisotopic (exact) mass is 294 g/mol. The molecule has 0 atom stereocenters. The van der Waals surface area contributed by atoms with Crippen LogP contribution < -0.4 is 10.6 Å². The molecule has 0 aliphatic heterocycles. The smallest absolute Gasteiger partial charge is 0.0660 e. The van der Waals surface area contributed by atoms with Crippen LogP contribution in [0, 0.1) is 6.92 Å². The van der Waals surface area contributed by atoms with Crippen LogP contribution in [0.25, 0.3) is 0 Å². The number of hydrogen-bond donors (Lipinski definition) is 1. The molecular weight excluding hydrogens is 279 g/mol. The molecule has 19 heavy (non-hydrogen) atoms. The summed E-state index contributed by atoms with van der Waals surface area (Å²) in [6.45, 7) is 4.94. The molecule has 2 nitrogen and oxygen atoms in total. The van der Waals surface area contributed by atoms with Gasteiger partial charge in [0.2, 0.25) is 0 Å². The van der Waals surface area contributed by atoms with Crippen LogP contribution in [0.15, 0.2) is 36.4 Å². The Balaban J connectivity index is 2.51. The van der Waals surface area contributed by atoms with E-state index in [0.29, 0.717) is 15.7 Å². The van der Waals surface area contributed by atoms with E-state index in [1.54, 1.807) is 6.07 Å². The molecule has 0 heterocycles. The molecule has 0 saturated carbocycles. The number of aryl methyl sites for hydroxylation is 1. The zero-order valence-electron chi connectivity index (χ0n) is 11.0. The molecule has 0 spiro atoms. The van der Waals surface area contributed by atoms with Crippen molar-refractivity contribution in [3.63, 3.8) is 0 Å². The number of nitrogen functional groups attached to an aromatic ring is 1. The Labute approximate surface area is 123 Å². The van der Waals surface area contributed by atoms with Crippen molar-refractivity contribution in [3.05, 3.63) is 52.0 Å². The highest BCUT2D eigenvalue weighted by atomic mass is 35.5. The maximum atomic E-state index is 6.09. The summed E-state index contributed by atoms with van der Waals surface area (Å²) in [5.41, 5.74) is 9.85. The molecule has 2 rings (SSSR count). The van der Waals surface area contributed by atoms with Gasteiger partial charge in [0.05, 0.1) is 21.4 Å². The Bertz CT molecular complexity index is 597. The summed E-state index contributed by atoms with van der Waals surface area (Å²) >= 11 is 12.1. The minimum Gasteiger partial charge on any atom is -0.397 e. The zero-order valence-corrected chi connectivity index (χ0v) is 12.5. The van der Waals surface area contributed by atoms with Crippen molar-refractivity contribution >= 4 is 40.3 Å². The van der Waals surface area contributed by atoms with E-state index in [9.17, 15) is 0 Å². The van der Waals surface area contributed by atoms with Crippen molar-refractivity contribution in [2.75, 3.05) is 17.2 Å². The van der Waals surface area contributed by atoms with Gasteiger partial charge in [0.25, 0.3) is 0 Å². The average molecular weight is 295 g/mol. The molecule has 2 aromatic carbocycles. The average Bonchev–Trinajstić information content (AvgIpc) is 2.36. The molecule has 2 N–H and O–H groups in total. The molecular formula is C15H16Cl2N2. The number of nitrogens with zero attached hydrogens (tertiary/aromatic N) is 1. The number of halogens is 2. The third-order valence-corrected chi connectivity index (χ3v) is 3.71. The second kappa shape index (κ2) is 5.72. The van der Waals surface area contributed by atoms with Gasteiger partial charge in [0.1, 0.15) is 0 Å². The summed E-state index contributed by atoms with van der Waals surface area (Å²) in [6.07, 6.45) is 0. The predicted octanol–water partition coefficient (Wildman–Crippen LogP) is 5.04. The van der Waals surface area contributed by atoms with E-state index in [-0.39, 0.29) is 0 Å².